The second-order valence-corrected chi connectivity index (χ2v) is 7.86. The van der Waals surface area contributed by atoms with Crippen LogP contribution in [0.2, 0.25) is 0 Å². The number of esters is 1. The van der Waals surface area contributed by atoms with Crippen LogP contribution in [-0.2, 0) is 25.5 Å². The lowest BCUT2D eigenvalue weighted by Crippen LogP contribution is -2.42. The van der Waals surface area contributed by atoms with Crippen molar-refractivity contribution in [3.63, 3.8) is 0 Å². The van der Waals surface area contributed by atoms with Crippen molar-refractivity contribution in [1.82, 2.24) is 5.32 Å². The average Bonchev–Trinajstić information content (AvgIpc) is 2.68. The Morgan fingerprint density at radius 3 is 2.39 bits per heavy atom. The average molecular weight is 387 g/mol. The number of Topliss-reactive ketones (excluding diaryl/α,β-unsaturated/α-hetero) is 1. The summed E-state index contributed by atoms with van der Waals surface area (Å²) in [5, 5.41) is 2.81. The number of carbonyl (C=O) groups is 3. The highest BCUT2D eigenvalue weighted by atomic mass is 16.5. The highest BCUT2D eigenvalue weighted by molar-refractivity contribution is 5.88. The number of carbonyl (C=O) groups excluding carboxylic acids is 3. The second kappa shape index (κ2) is 9.22. The Hall–Kier alpha value is -2.37. The number of ketones is 1. The monoisotopic (exact) mass is 387 g/mol. The van der Waals surface area contributed by atoms with E-state index >= 15 is 0 Å². The summed E-state index contributed by atoms with van der Waals surface area (Å²) in [6.45, 7) is 2.06. The first-order valence-corrected chi connectivity index (χ1v) is 10.1. The molecule has 2 bridgehead atoms. The summed E-state index contributed by atoms with van der Waals surface area (Å²) in [5.41, 5.74) is 1.09. The minimum absolute atomic E-state index is 0.00122. The first-order valence-electron chi connectivity index (χ1n) is 10.1. The number of methoxy groups -OCH3 is 1. The lowest BCUT2D eigenvalue weighted by atomic mass is 9.67. The first kappa shape index (κ1) is 20.4. The minimum atomic E-state index is -0.833. The summed E-state index contributed by atoms with van der Waals surface area (Å²) in [6.07, 6.45) is 3.81. The molecule has 0 heterocycles. The molecule has 1 unspecified atom stereocenters. The Morgan fingerprint density at radius 1 is 1.14 bits per heavy atom. The van der Waals surface area contributed by atoms with Crippen LogP contribution >= 0.6 is 0 Å². The molecule has 1 aromatic carbocycles. The van der Waals surface area contributed by atoms with Gasteiger partial charge in [-0.25, -0.2) is 0 Å². The van der Waals surface area contributed by atoms with Crippen LogP contribution in [0.15, 0.2) is 24.3 Å². The molecule has 3 rings (SSSR count). The quantitative estimate of drug-likeness (QED) is 0.728. The number of hydrogen-bond donors (Lipinski definition) is 1. The maximum atomic E-state index is 12.5. The van der Waals surface area contributed by atoms with Gasteiger partial charge in [0.05, 0.1) is 13.0 Å². The molecule has 4 atom stereocenters. The standard InChI is InChI=1S/C22H29NO5/c1-14(21(25)23-11-10-15-6-8-19(27-2)9-7-15)28-22(26)18-12-16-4-3-5-17(13-18)20(16)24/h6-9,14,16-18H,3-5,10-13H2,1-2H3,(H,23,25)/t14-,16-,17+,18?/m1/s1. The summed E-state index contributed by atoms with van der Waals surface area (Å²) in [4.78, 5) is 36.9. The molecule has 0 saturated heterocycles. The lowest BCUT2D eigenvalue weighted by Gasteiger charge is -2.36. The number of rotatable bonds is 7. The molecule has 0 spiro atoms. The van der Waals surface area contributed by atoms with Crippen LogP contribution in [0.25, 0.3) is 0 Å². The van der Waals surface area contributed by atoms with Gasteiger partial charge in [-0.1, -0.05) is 18.6 Å². The van der Waals surface area contributed by atoms with Gasteiger partial charge in [0.2, 0.25) is 0 Å². The minimum Gasteiger partial charge on any atom is -0.497 e. The van der Waals surface area contributed by atoms with Gasteiger partial charge in [-0.15, -0.1) is 0 Å². The highest BCUT2D eigenvalue weighted by Crippen LogP contribution is 2.40. The summed E-state index contributed by atoms with van der Waals surface area (Å²) in [5.74, 6) is 0.206. The molecule has 28 heavy (non-hydrogen) atoms. The van der Waals surface area contributed by atoms with E-state index < -0.39 is 6.10 Å². The molecular weight excluding hydrogens is 358 g/mol. The van der Waals surface area contributed by atoms with Crippen LogP contribution in [0.4, 0.5) is 0 Å². The van der Waals surface area contributed by atoms with Crippen LogP contribution in [0.5, 0.6) is 5.75 Å². The van der Waals surface area contributed by atoms with Crippen molar-refractivity contribution in [2.24, 2.45) is 17.8 Å². The zero-order valence-corrected chi connectivity index (χ0v) is 16.6. The van der Waals surface area contributed by atoms with Crippen LogP contribution in [0, 0.1) is 17.8 Å². The lowest BCUT2D eigenvalue weighted by molar-refractivity contribution is -0.162. The van der Waals surface area contributed by atoms with Crippen LogP contribution in [0.3, 0.4) is 0 Å². The number of nitrogens with one attached hydrogen (secondary N) is 1. The maximum Gasteiger partial charge on any atom is 0.309 e. The fourth-order valence-electron chi connectivity index (χ4n) is 4.26. The molecule has 2 saturated carbocycles. The third-order valence-corrected chi connectivity index (χ3v) is 5.92. The second-order valence-electron chi connectivity index (χ2n) is 7.86. The van der Waals surface area contributed by atoms with E-state index in [1.165, 1.54) is 0 Å². The number of amides is 1. The molecule has 0 aliphatic heterocycles. The van der Waals surface area contributed by atoms with Gasteiger partial charge >= 0.3 is 5.97 Å². The van der Waals surface area contributed by atoms with E-state index in [0.717, 1.165) is 30.6 Å². The summed E-state index contributed by atoms with van der Waals surface area (Å²) >= 11 is 0. The predicted octanol–water partition coefficient (Wildman–Crippen LogP) is 2.68. The number of ether oxygens (including phenoxy) is 2. The van der Waals surface area contributed by atoms with E-state index in [1.807, 2.05) is 24.3 Å². The Balaban J connectivity index is 1.42. The SMILES string of the molecule is COc1ccc(CCNC(=O)[C@@H](C)OC(=O)C2C[C@H]3CCC[C@@H](C2)C3=O)cc1. The Labute approximate surface area is 166 Å². The molecule has 1 N–H and O–H groups in total. The van der Waals surface area contributed by atoms with Crippen LogP contribution in [-0.4, -0.2) is 37.4 Å². The number of hydrogen-bond acceptors (Lipinski definition) is 5. The van der Waals surface area contributed by atoms with Crippen molar-refractivity contribution in [3.05, 3.63) is 29.8 Å². The predicted molar refractivity (Wildman–Crippen MR) is 104 cm³/mol. The normalized spacial score (nSPS) is 24.9. The molecule has 2 aliphatic rings. The van der Waals surface area contributed by atoms with E-state index in [0.29, 0.717) is 31.6 Å². The van der Waals surface area contributed by atoms with E-state index in [1.54, 1.807) is 14.0 Å². The van der Waals surface area contributed by atoms with Crippen molar-refractivity contribution in [2.45, 2.75) is 51.6 Å². The van der Waals surface area contributed by atoms with Gasteiger partial charge in [-0.05, 0) is 56.7 Å². The van der Waals surface area contributed by atoms with Crippen LogP contribution < -0.4 is 10.1 Å². The molecular formula is C22H29NO5. The fraction of sp³-hybridized carbons (Fsp3) is 0.591. The van der Waals surface area contributed by atoms with E-state index in [2.05, 4.69) is 5.32 Å². The van der Waals surface area contributed by atoms with Gasteiger partial charge in [0.1, 0.15) is 11.5 Å². The summed E-state index contributed by atoms with van der Waals surface area (Å²) in [6, 6.07) is 7.67. The van der Waals surface area contributed by atoms with Gasteiger partial charge in [0.15, 0.2) is 6.10 Å². The molecule has 6 nitrogen and oxygen atoms in total. The topological polar surface area (TPSA) is 81.7 Å². The summed E-state index contributed by atoms with van der Waals surface area (Å²) < 4.78 is 10.5. The zero-order chi connectivity index (χ0) is 20.1. The smallest absolute Gasteiger partial charge is 0.309 e. The zero-order valence-electron chi connectivity index (χ0n) is 16.6. The molecule has 152 valence electrons. The number of fused-ring (bicyclic) bond motifs is 2. The van der Waals surface area contributed by atoms with Crippen molar-refractivity contribution in [3.8, 4) is 5.75 Å². The third kappa shape index (κ3) is 4.91. The Kier molecular flexibility index (Phi) is 6.70. The molecule has 1 amide bonds. The van der Waals surface area contributed by atoms with Gasteiger partial charge < -0.3 is 14.8 Å². The van der Waals surface area contributed by atoms with Gasteiger partial charge in [0, 0.05) is 18.4 Å². The van der Waals surface area contributed by atoms with Crippen molar-refractivity contribution in [2.75, 3.05) is 13.7 Å². The van der Waals surface area contributed by atoms with E-state index in [9.17, 15) is 14.4 Å². The van der Waals surface area contributed by atoms with Gasteiger partial charge in [-0.3, -0.25) is 14.4 Å². The molecule has 6 heteroatoms. The third-order valence-electron chi connectivity index (χ3n) is 5.92. The van der Waals surface area contributed by atoms with Gasteiger partial charge in [-0.2, -0.15) is 0 Å². The molecule has 2 aliphatic carbocycles. The number of benzene rings is 1. The van der Waals surface area contributed by atoms with E-state index in [4.69, 9.17) is 9.47 Å². The van der Waals surface area contributed by atoms with Gasteiger partial charge in [0.25, 0.3) is 5.91 Å². The van der Waals surface area contributed by atoms with Crippen molar-refractivity contribution >= 4 is 17.7 Å². The molecule has 0 aromatic heterocycles. The van der Waals surface area contributed by atoms with E-state index in [-0.39, 0.29) is 29.6 Å². The van der Waals surface area contributed by atoms with Crippen molar-refractivity contribution < 1.29 is 23.9 Å². The van der Waals surface area contributed by atoms with Crippen LogP contribution in [0.1, 0.15) is 44.6 Å². The highest BCUT2D eigenvalue weighted by Gasteiger charge is 2.42. The summed E-state index contributed by atoms with van der Waals surface area (Å²) in [7, 11) is 1.62. The fourth-order valence-corrected chi connectivity index (χ4v) is 4.26. The molecule has 0 radical (unpaired) electrons. The maximum absolute atomic E-state index is 12.5. The largest absolute Gasteiger partial charge is 0.497 e. The Morgan fingerprint density at radius 2 is 1.79 bits per heavy atom. The molecule has 1 aromatic rings. The van der Waals surface area contributed by atoms with Crippen molar-refractivity contribution in [1.29, 1.82) is 0 Å². The Bertz CT molecular complexity index is 698. The first-order chi connectivity index (χ1) is 13.5. The molecule has 2 fully saturated rings.